The van der Waals surface area contributed by atoms with Crippen LogP contribution in [0.25, 0.3) is 0 Å². The van der Waals surface area contributed by atoms with Crippen LogP contribution in [0, 0.1) is 0 Å². The number of fused-ring (bicyclic) bond motifs is 3. The van der Waals surface area contributed by atoms with Crippen molar-refractivity contribution in [2.24, 2.45) is 5.73 Å². The van der Waals surface area contributed by atoms with Gasteiger partial charge in [-0.1, -0.05) is 12.1 Å². The maximum absolute atomic E-state index is 6.09. The lowest BCUT2D eigenvalue weighted by Gasteiger charge is -2.44. The van der Waals surface area contributed by atoms with Gasteiger partial charge < -0.3 is 10.6 Å². The van der Waals surface area contributed by atoms with Gasteiger partial charge in [-0.2, -0.15) is 0 Å². The molecule has 1 aromatic rings. The minimum Gasteiger partial charge on any atom is -0.366 e. The van der Waals surface area contributed by atoms with Gasteiger partial charge in [0, 0.05) is 23.1 Å². The van der Waals surface area contributed by atoms with Crippen molar-refractivity contribution in [1.82, 2.24) is 0 Å². The first kappa shape index (κ1) is 10.6. The predicted molar refractivity (Wildman–Crippen MR) is 70.8 cm³/mol. The van der Waals surface area contributed by atoms with Crippen LogP contribution in [0.5, 0.6) is 0 Å². The average Bonchev–Trinajstić information content (AvgIpc) is 2.28. The fourth-order valence-electron chi connectivity index (χ4n) is 3.03. The Morgan fingerprint density at radius 2 is 2.12 bits per heavy atom. The number of halogens is 1. The topological polar surface area (TPSA) is 29.3 Å². The largest absolute Gasteiger partial charge is 0.366 e. The summed E-state index contributed by atoms with van der Waals surface area (Å²) in [6.07, 6.45) is 4.93. The molecule has 1 fully saturated rings. The molecule has 16 heavy (non-hydrogen) atoms. The van der Waals surface area contributed by atoms with Crippen LogP contribution in [0.4, 0.5) is 5.69 Å². The lowest BCUT2D eigenvalue weighted by atomic mass is 9.88. The summed E-state index contributed by atoms with van der Waals surface area (Å²) in [4.78, 5) is 2.52. The van der Waals surface area contributed by atoms with Crippen molar-refractivity contribution in [3.05, 3.63) is 28.2 Å². The molecule has 2 aliphatic rings. The first-order chi connectivity index (χ1) is 7.75. The molecule has 0 bridgehead atoms. The van der Waals surface area contributed by atoms with Crippen molar-refractivity contribution in [3.63, 3.8) is 0 Å². The van der Waals surface area contributed by atoms with Crippen LogP contribution < -0.4 is 10.6 Å². The third-order valence-corrected chi connectivity index (χ3v) is 4.49. The van der Waals surface area contributed by atoms with E-state index in [1.165, 1.54) is 41.4 Å². The normalized spacial score (nSPS) is 28.5. The highest BCUT2D eigenvalue weighted by Gasteiger charge is 2.32. The molecule has 3 rings (SSSR count). The van der Waals surface area contributed by atoms with E-state index in [1.54, 1.807) is 0 Å². The Balaban J connectivity index is 2.02. The first-order valence-electron chi connectivity index (χ1n) is 6.05. The van der Waals surface area contributed by atoms with Crippen molar-refractivity contribution in [3.8, 4) is 0 Å². The van der Waals surface area contributed by atoms with Gasteiger partial charge in [-0.05, 0) is 53.2 Å². The zero-order chi connectivity index (χ0) is 11.1. The second-order valence-corrected chi connectivity index (χ2v) is 5.78. The standard InChI is InChI=1S/C13H17BrN2/c14-12-3-1-2-9-4-6-11-7-5-10(15)8-16(11)13(9)12/h1-3,10-11H,4-8,15H2. The van der Waals surface area contributed by atoms with Crippen LogP contribution in [0.2, 0.25) is 0 Å². The molecule has 86 valence electrons. The van der Waals surface area contributed by atoms with Gasteiger partial charge >= 0.3 is 0 Å². The van der Waals surface area contributed by atoms with E-state index in [0.717, 1.165) is 6.54 Å². The van der Waals surface area contributed by atoms with E-state index in [1.807, 2.05) is 0 Å². The van der Waals surface area contributed by atoms with E-state index in [2.05, 4.69) is 39.0 Å². The van der Waals surface area contributed by atoms with Crippen LogP contribution in [-0.2, 0) is 6.42 Å². The van der Waals surface area contributed by atoms with Crippen molar-refractivity contribution in [2.45, 2.75) is 37.8 Å². The Labute approximate surface area is 105 Å². The highest BCUT2D eigenvalue weighted by Crippen LogP contribution is 2.39. The van der Waals surface area contributed by atoms with E-state index in [0.29, 0.717) is 12.1 Å². The number of benzene rings is 1. The summed E-state index contributed by atoms with van der Waals surface area (Å²) in [5.74, 6) is 0. The lowest BCUT2D eigenvalue weighted by Crippen LogP contribution is -2.51. The Morgan fingerprint density at radius 1 is 1.25 bits per heavy atom. The Bertz CT molecular complexity index is 405. The minimum absolute atomic E-state index is 0.342. The van der Waals surface area contributed by atoms with Gasteiger partial charge in [0.15, 0.2) is 0 Å². The number of hydrogen-bond donors (Lipinski definition) is 1. The lowest BCUT2D eigenvalue weighted by molar-refractivity contribution is 0.390. The maximum Gasteiger partial charge on any atom is 0.0546 e. The maximum atomic E-state index is 6.09. The van der Waals surface area contributed by atoms with Crippen molar-refractivity contribution in [1.29, 1.82) is 0 Å². The summed E-state index contributed by atoms with van der Waals surface area (Å²) in [6, 6.07) is 7.57. The molecule has 2 aliphatic heterocycles. The third kappa shape index (κ3) is 1.66. The SMILES string of the molecule is NC1CCC2CCc3cccc(Br)c3N2C1. The quantitative estimate of drug-likeness (QED) is 0.792. The van der Waals surface area contributed by atoms with Gasteiger partial charge in [-0.15, -0.1) is 0 Å². The van der Waals surface area contributed by atoms with Crippen LogP contribution in [0.3, 0.4) is 0 Å². The van der Waals surface area contributed by atoms with Gasteiger partial charge in [-0.25, -0.2) is 0 Å². The van der Waals surface area contributed by atoms with E-state index in [-0.39, 0.29) is 0 Å². The molecule has 2 heterocycles. The summed E-state index contributed by atoms with van der Waals surface area (Å²) < 4.78 is 1.23. The second kappa shape index (κ2) is 4.04. The van der Waals surface area contributed by atoms with Crippen LogP contribution >= 0.6 is 15.9 Å². The van der Waals surface area contributed by atoms with Gasteiger partial charge in [0.05, 0.1) is 5.69 Å². The second-order valence-electron chi connectivity index (χ2n) is 4.93. The van der Waals surface area contributed by atoms with Gasteiger partial charge in [0.2, 0.25) is 0 Å². The fourth-order valence-corrected chi connectivity index (χ4v) is 3.67. The highest BCUT2D eigenvalue weighted by atomic mass is 79.9. The summed E-state index contributed by atoms with van der Waals surface area (Å²) in [5, 5.41) is 0. The number of rotatable bonds is 0. The summed E-state index contributed by atoms with van der Waals surface area (Å²) in [6.45, 7) is 1.01. The van der Waals surface area contributed by atoms with Crippen molar-refractivity contribution < 1.29 is 0 Å². The molecule has 0 saturated carbocycles. The zero-order valence-corrected chi connectivity index (χ0v) is 10.9. The molecule has 2 unspecified atom stereocenters. The summed E-state index contributed by atoms with van der Waals surface area (Å²) >= 11 is 3.68. The van der Waals surface area contributed by atoms with Gasteiger partial charge in [0.1, 0.15) is 0 Å². The highest BCUT2D eigenvalue weighted by molar-refractivity contribution is 9.10. The molecule has 1 saturated heterocycles. The summed E-state index contributed by atoms with van der Waals surface area (Å²) in [7, 11) is 0. The van der Waals surface area contributed by atoms with E-state index in [4.69, 9.17) is 5.73 Å². The van der Waals surface area contributed by atoms with Crippen LogP contribution in [0.1, 0.15) is 24.8 Å². The number of nitrogens with zero attached hydrogens (tertiary/aromatic N) is 1. The number of hydrogen-bond acceptors (Lipinski definition) is 2. The number of anilines is 1. The van der Waals surface area contributed by atoms with Crippen molar-refractivity contribution >= 4 is 21.6 Å². The molecule has 0 aromatic heterocycles. The smallest absolute Gasteiger partial charge is 0.0546 e. The van der Waals surface area contributed by atoms with E-state index < -0.39 is 0 Å². The van der Waals surface area contributed by atoms with Gasteiger partial charge in [-0.3, -0.25) is 0 Å². The molecular weight excluding hydrogens is 264 g/mol. The zero-order valence-electron chi connectivity index (χ0n) is 9.32. The Morgan fingerprint density at radius 3 is 3.00 bits per heavy atom. The number of aryl methyl sites for hydroxylation is 1. The van der Waals surface area contributed by atoms with Crippen LogP contribution in [0.15, 0.2) is 22.7 Å². The van der Waals surface area contributed by atoms with Gasteiger partial charge in [0.25, 0.3) is 0 Å². The molecule has 2 nitrogen and oxygen atoms in total. The summed E-state index contributed by atoms with van der Waals surface area (Å²) in [5.41, 5.74) is 8.96. The molecule has 0 radical (unpaired) electrons. The third-order valence-electron chi connectivity index (χ3n) is 3.85. The molecular formula is C13H17BrN2. The first-order valence-corrected chi connectivity index (χ1v) is 6.84. The molecule has 2 N–H and O–H groups in total. The fraction of sp³-hybridized carbons (Fsp3) is 0.538. The number of nitrogens with two attached hydrogens (primary N) is 1. The molecule has 0 aliphatic carbocycles. The molecule has 0 spiro atoms. The molecule has 1 aromatic carbocycles. The Kier molecular flexibility index (Phi) is 2.68. The monoisotopic (exact) mass is 280 g/mol. The van der Waals surface area contributed by atoms with E-state index >= 15 is 0 Å². The molecule has 0 amide bonds. The van der Waals surface area contributed by atoms with E-state index in [9.17, 15) is 0 Å². The Hall–Kier alpha value is -0.540. The molecule has 3 heteroatoms. The van der Waals surface area contributed by atoms with Crippen LogP contribution in [-0.4, -0.2) is 18.6 Å². The molecule has 2 atom stereocenters. The van der Waals surface area contributed by atoms with Crippen molar-refractivity contribution in [2.75, 3.05) is 11.4 Å². The number of para-hydroxylation sites is 1. The number of piperidine rings is 1. The predicted octanol–water partition coefficient (Wildman–Crippen LogP) is 2.69. The minimum atomic E-state index is 0.342. The average molecular weight is 281 g/mol.